The summed E-state index contributed by atoms with van der Waals surface area (Å²) in [6.45, 7) is 1.51. The summed E-state index contributed by atoms with van der Waals surface area (Å²) in [6.07, 6.45) is 6.64. The summed E-state index contributed by atoms with van der Waals surface area (Å²) >= 11 is 0. The van der Waals surface area contributed by atoms with E-state index in [1.54, 1.807) is 36.4 Å². The molecule has 0 radical (unpaired) electrons. The lowest BCUT2D eigenvalue weighted by Gasteiger charge is -2.08. The van der Waals surface area contributed by atoms with E-state index < -0.39 is 17.6 Å². The van der Waals surface area contributed by atoms with Gasteiger partial charge in [0.25, 0.3) is 0 Å². The first-order valence-corrected chi connectivity index (χ1v) is 8.79. The average molecular weight is 376 g/mol. The van der Waals surface area contributed by atoms with Gasteiger partial charge in [-0.25, -0.2) is 13.6 Å². The first-order valence-electron chi connectivity index (χ1n) is 8.79. The molecule has 4 heteroatoms. The molecule has 0 heterocycles. The summed E-state index contributed by atoms with van der Waals surface area (Å²) in [5, 5.41) is 0. The molecule has 0 saturated carbocycles. The van der Waals surface area contributed by atoms with Crippen molar-refractivity contribution in [3.63, 3.8) is 0 Å². The second-order valence-corrected chi connectivity index (χ2v) is 6.37. The fourth-order valence-corrected chi connectivity index (χ4v) is 2.76. The molecule has 0 saturated heterocycles. The minimum atomic E-state index is -0.894. The lowest BCUT2D eigenvalue weighted by atomic mass is 10.0. The monoisotopic (exact) mass is 376 g/mol. The van der Waals surface area contributed by atoms with E-state index in [9.17, 15) is 13.6 Å². The van der Waals surface area contributed by atoms with Gasteiger partial charge in [0.15, 0.2) is 11.6 Å². The fourth-order valence-electron chi connectivity index (χ4n) is 2.76. The molecular weight excluding hydrogens is 358 g/mol. The number of terminal acetylenes is 1. The molecule has 2 nitrogen and oxygen atoms in total. The SMILES string of the molecule is C#CCCc1ccc(C(=O)Oc2ccc(-c3ccc(C)c(F)c3F)cc2)cc1. The van der Waals surface area contributed by atoms with Gasteiger partial charge in [0.1, 0.15) is 5.75 Å². The van der Waals surface area contributed by atoms with Crippen molar-refractivity contribution in [1.29, 1.82) is 0 Å². The van der Waals surface area contributed by atoms with Gasteiger partial charge in [-0.05, 0) is 54.3 Å². The third kappa shape index (κ3) is 4.27. The zero-order valence-electron chi connectivity index (χ0n) is 15.3. The standard InChI is InChI=1S/C24H18F2O2/c1-3-4-5-17-7-9-19(10-8-17)24(27)28-20-13-11-18(12-14-20)21-15-6-16(2)22(25)23(21)26/h1,6-15H,4-5H2,2H3. The van der Waals surface area contributed by atoms with Crippen molar-refractivity contribution in [2.45, 2.75) is 19.8 Å². The predicted octanol–water partition coefficient (Wildman–Crippen LogP) is 5.73. The Hall–Kier alpha value is -3.45. The maximum Gasteiger partial charge on any atom is 0.343 e. The first kappa shape index (κ1) is 19.3. The molecule has 0 bridgehead atoms. The second-order valence-electron chi connectivity index (χ2n) is 6.37. The van der Waals surface area contributed by atoms with Crippen molar-refractivity contribution in [3.05, 3.63) is 89.0 Å². The van der Waals surface area contributed by atoms with E-state index in [1.165, 1.54) is 19.1 Å². The van der Waals surface area contributed by atoms with Crippen LogP contribution < -0.4 is 4.74 Å². The molecule has 0 atom stereocenters. The molecule has 3 aromatic carbocycles. The molecule has 0 N–H and O–H groups in total. The zero-order chi connectivity index (χ0) is 20.1. The predicted molar refractivity (Wildman–Crippen MR) is 105 cm³/mol. The number of esters is 1. The summed E-state index contributed by atoms with van der Waals surface area (Å²) in [5.41, 5.74) is 2.36. The third-order valence-corrected chi connectivity index (χ3v) is 4.40. The largest absolute Gasteiger partial charge is 0.423 e. The fraction of sp³-hybridized carbons (Fsp3) is 0.125. The summed E-state index contributed by atoms with van der Waals surface area (Å²) in [4.78, 5) is 12.3. The van der Waals surface area contributed by atoms with E-state index >= 15 is 0 Å². The normalized spacial score (nSPS) is 10.4. The Bertz CT molecular complexity index is 1030. The van der Waals surface area contributed by atoms with Crippen molar-refractivity contribution in [2.75, 3.05) is 0 Å². The average Bonchev–Trinajstić information content (AvgIpc) is 2.72. The van der Waals surface area contributed by atoms with E-state index in [-0.39, 0.29) is 11.1 Å². The number of hydrogen-bond donors (Lipinski definition) is 0. The Balaban J connectivity index is 1.71. The van der Waals surface area contributed by atoms with E-state index in [1.807, 2.05) is 12.1 Å². The Kier molecular flexibility index (Phi) is 5.86. The van der Waals surface area contributed by atoms with Crippen LogP contribution in [0.5, 0.6) is 5.75 Å². The van der Waals surface area contributed by atoms with Gasteiger partial charge in [-0.1, -0.05) is 36.4 Å². The van der Waals surface area contributed by atoms with Gasteiger partial charge >= 0.3 is 5.97 Å². The topological polar surface area (TPSA) is 26.3 Å². The third-order valence-electron chi connectivity index (χ3n) is 4.40. The first-order chi connectivity index (χ1) is 13.5. The molecule has 0 spiro atoms. The van der Waals surface area contributed by atoms with E-state index in [0.717, 1.165) is 12.0 Å². The van der Waals surface area contributed by atoms with Crippen molar-refractivity contribution in [3.8, 4) is 29.2 Å². The minimum absolute atomic E-state index is 0.156. The molecule has 0 aliphatic carbocycles. The van der Waals surface area contributed by atoms with Crippen molar-refractivity contribution in [1.82, 2.24) is 0 Å². The van der Waals surface area contributed by atoms with Crippen LogP contribution in [-0.4, -0.2) is 5.97 Å². The smallest absolute Gasteiger partial charge is 0.343 e. The minimum Gasteiger partial charge on any atom is -0.423 e. The van der Waals surface area contributed by atoms with Crippen LogP contribution in [-0.2, 0) is 6.42 Å². The van der Waals surface area contributed by atoms with Crippen LogP contribution in [0.1, 0.15) is 27.9 Å². The van der Waals surface area contributed by atoms with Crippen LogP contribution in [0.3, 0.4) is 0 Å². The molecule has 0 fully saturated rings. The molecule has 0 aromatic heterocycles. The second kappa shape index (κ2) is 8.49. The highest BCUT2D eigenvalue weighted by molar-refractivity contribution is 5.91. The number of aryl methyl sites for hydroxylation is 2. The summed E-state index contributed by atoms with van der Waals surface area (Å²) in [6, 6.07) is 16.4. The Morgan fingerprint density at radius 2 is 1.64 bits per heavy atom. The Morgan fingerprint density at radius 3 is 2.29 bits per heavy atom. The molecule has 0 aliphatic rings. The summed E-state index contributed by atoms with van der Waals surface area (Å²) in [7, 11) is 0. The van der Waals surface area contributed by atoms with Gasteiger partial charge in [-0.2, -0.15) is 0 Å². The zero-order valence-corrected chi connectivity index (χ0v) is 15.3. The van der Waals surface area contributed by atoms with E-state index in [2.05, 4.69) is 5.92 Å². The van der Waals surface area contributed by atoms with Crippen LogP contribution in [0, 0.1) is 30.9 Å². The maximum absolute atomic E-state index is 14.1. The van der Waals surface area contributed by atoms with Crippen LogP contribution in [0.4, 0.5) is 8.78 Å². The lowest BCUT2D eigenvalue weighted by Crippen LogP contribution is -2.08. The van der Waals surface area contributed by atoms with Gasteiger partial charge in [-0.15, -0.1) is 12.3 Å². The van der Waals surface area contributed by atoms with Crippen molar-refractivity contribution in [2.24, 2.45) is 0 Å². The van der Waals surface area contributed by atoms with Crippen LogP contribution in [0.15, 0.2) is 60.7 Å². The maximum atomic E-state index is 14.1. The molecule has 0 aliphatic heterocycles. The molecule has 140 valence electrons. The molecular formula is C24H18F2O2. The number of benzene rings is 3. The highest BCUT2D eigenvalue weighted by Crippen LogP contribution is 2.28. The highest BCUT2D eigenvalue weighted by atomic mass is 19.2. The lowest BCUT2D eigenvalue weighted by molar-refractivity contribution is 0.0735. The number of ether oxygens (including phenoxy) is 1. The van der Waals surface area contributed by atoms with Gasteiger partial charge < -0.3 is 4.74 Å². The van der Waals surface area contributed by atoms with Gasteiger partial charge in [0.2, 0.25) is 0 Å². The summed E-state index contributed by atoms with van der Waals surface area (Å²) < 4.78 is 33.2. The molecule has 28 heavy (non-hydrogen) atoms. The van der Waals surface area contributed by atoms with Crippen LogP contribution in [0.25, 0.3) is 11.1 Å². The Morgan fingerprint density at radius 1 is 0.964 bits per heavy atom. The number of carbonyl (C=O) groups is 1. The molecule has 0 amide bonds. The quantitative estimate of drug-likeness (QED) is 0.323. The van der Waals surface area contributed by atoms with Gasteiger partial charge in [0, 0.05) is 12.0 Å². The van der Waals surface area contributed by atoms with Crippen LogP contribution in [0.2, 0.25) is 0 Å². The molecule has 0 unspecified atom stereocenters. The number of hydrogen-bond acceptors (Lipinski definition) is 2. The van der Waals surface area contributed by atoms with Crippen molar-refractivity contribution >= 4 is 5.97 Å². The van der Waals surface area contributed by atoms with Gasteiger partial charge in [-0.3, -0.25) is 0 Å². The van der Waals surface area contributed by atoms with Gasteiger partial charge in [0.05, 0.1) is 5.56 Å². The number of halogens is 2. The van der Waals surface area contributed by atoms with E-state index in [4.69, 9.17) is 11.2 Å². The van der Waals surface area contributed by atoms with Crippen molar-refractivity contribution < 1.29 is 18.3 Å². The number of rotatable bonds is 5. The van der Waals surface area contributed by atoms with E-state index in [0.29, 0.717) is 23.3 Å². The number of carbonyl (C=O) groups excluding carboxylic acids is 1. The molecule has 3 rings (SSSR count). The Labute approximate surface area is 162 Å². The molecule has 3 aromatic rings. The van der Waals surface area contributed by atoms with Crippen LogP contribution >= 0.6 is 0 Å². The summed E-state index contributed by atoms with van der Waals surface area (Å²) in [5.74, 6) is 0.641. The highest BCUT2D eigenvalue weighted by Gasteiger charge is 2.13.